The Morgan fingerprint density at radius 3 is 2.93 bits per heavy atom. The molecule has 15 heavy (non-hydrogen) atoms. The number of rotatable bonds is 6. The van der Waals surface area contributed by atoms with E-state index in [9.17, 15) is 0 Å². The Morgan fingerprint density at radius 2 is 2.33 bits per heavy atom. The van der Waals surface area contributed by atoms with E-state index in [0.29, 0.717) is 6.04 Å². The summed E-state index contributed by atoms with van der Waals surface area (Å²) in [6.45, 7) is 6.95. The van der Waals surface area contributed by atoms with Gasteiger partial charge >= 0.3 is 0 Å². The lowest BCUT2D eigenvalue weighted by Gasteiger charge is -2.21. The Kier molecular flexibility index (Phi) is 5.91. The molecule has 0 amide bonds. The van der Waals surface area contributed by atoms with Crippen molar-refractivity contribution in [1.82, 2.24) is 5.32 Å². The predicted molar refractivity (Wildman–Crippen MR) is 62.1 cm³/mol. The van der Waals surface area contributed by atoms with Gasteiger partial charge in [-0.3, -0.25) is 0 Å². The van der Waals surface area contributed by atoms with Gasteiger partial charge in [0.05, 0.1) is 19.3 Å². The summed E-state index contributed by atoms with van der Waals surface area (Å²) >= 11 is 0. The molecule has 3 heteroatoms. The number of hydrogen-bond acceptors (Lipinski definition) is 3. The highest BCUT2D eigenvalue weighted by molar-refractivity contribution is 5.04. The summed E-state index contributed by atoms with van der Waals surface area (Å²) in [6, 6.07) is 0.412. The van der Waals surface area contributed by atoms with Crippen LogP contribution in [0.1, 0.15) is 26.7 Å². The van der Waals surface area contributed by atoms with E-state index >= 15 is 0 Å². The van der Waals surface area contributed by atoms with E-state index in [1.165, 1.54) is 5.57 Å². The number of hydrogen-bond donors (Lipinski definition) is 1. The molecule has 0 aromatic rings. The fourth-order valence-electron chi connectivity index (χ4n) is 1.62. The lowest BCUT2D eigenvalue weighted by atomic mass is 10.1. The largest absolute Gasteiger partial charge is 0.380 e. The molecule has 0 aromatic carbocycles. The van der Waals surface area contributed by atoms with Gasteiger partial charge in [0.1, 0.15) is 0 Å². The van der Waals surface area contributed by atoms with Crippen LogP contribution in [0.25, 0.3) is 0 Å². The molecule has 1 N–H and O–H groups in total. The zero-order valence-corrected chi connectivity index (χ0v) is 10.1. The van der Waals surface area contributed by atoms with Crippen molar-refractivity contribution < 1.29 is 9.47 Å². The van der Waals surface area contributed by atoms with Crippen LogP contribution in [-0.2, 0) is 9.47 Å². The predicted octanol–water partition coefficient (Wildman–Crippen LogP) is 1.74. The Bertz CT molecular complexity index is 204. The van der Waals surface area contributed by atoms with Crippen LogP contribution in [0.2, 0.25) is 0 Å². The highest BCUT2D eigenvalue weighted by Gasteiger charge is 2.10. The minimum Gasteiger partial charge on any atom is -0.380 e. The molecule has 0 aliphatic carbocycles. The molecule has 88 valence electrons. The van der Waals surface area contributed by atoms with Crippen LogP contribution in [0.5, 0.6) is 0 Å². The summed E-state index contributed by atoms with van der Waals surface area (Å²) in [6.07, 6.45) is 4.70. The molecule has 2 unspecified atom stereocenters. The summed E-state index contributed by atoms with van der Waals surface area (Å²) in [5, 5.41) is 3.47. The number of nitrogens with one attached hydrogen (secondary N) is 1. The minimum absolute atomic E-state index is 0.272. The SMILES string of the molecule is COC(C)C(C)NCCC1=CCOCC1. The Labute approximate surface area is 92.8 Å². The lowest BCUT2D eigenvalue weighted by Crippen LogP contribution is -2.37. The molecule has 0 spiro atoms. The maximum Gasteiger partial charge on any atom is 0.0693 e. The first-order valence-electron chi connectivity index (χ1n) is 5.76. The monoisotopic (exact) mass is 213 g/mol. The molecule has 0 saturated heterocycles. The molecule has 1 aliphatic rings. The van der Waals surface area contributed by atoms with Gasteiger partial charge in [-0.15, -0.1) is 0 Å². The fourth-order valence-corrected chi connectivity index (χ4v) is 1.62. The molecule has 0 bridgehead atoms. The molecule has 0 radical (unpaired) electrons. The van der Waals surface area contributed by atoms with E-state index in [1.807, 2.05) is 0 Å². The fraction of sp³-hybridized carbons (Fsp3) is 0.833. The van der Waals surface area contributed by atoms with Crippen molar-refractivity contribution in [2.45, 2.75) is 38.8 Å². The summed E-state index contributed by atoms with van der Waals surface area (Å²) in [5.74, 6) is 0. The van der Waals surface area contributed by atoms with Crippen molar-refractivity contribution >= 4 is 0 Å². The van der Waals surface area contributed by atoms with Crippen LogP contribution in [0.15, 0.2) is 11.6 Å². The van der Waals surface area contributed by atoms with Crippen LogP contribution in [0.3, 0.4) is 0 Å². The van der Waals surface area contributed by atoms with Crippen molar-refractivity contribution in [2.24, 2.45) is 0 Å². The zero-order valence-electron chi connectivity index (χ0n) is 10.1. The van der Waals surface area contributed by atoms with Crippen molar-refractivity contribution in [3.63, 3.8) is 0 Å². The Hall–Kier alpha value is -0.380. The van der Waals surface area contributed by atoms with Crippen LogP contribution in [0.4, 0.5) is 0 Å². The first-order valence-corrected chi connectivity index (χ1v) is 5.76. The smallest absolute Gasteiger partial charge is 0.0693 e. The second kappa shape index (κ2) is 6.99. The van der Waals surface area contributed by atoms with Crippen LogP contribution in [0, 0.1) is 0 Å². The molecular weight excluding hydrogens is 190 g/mol. The number of methoxy groups -OCH3 is 1. The van der Waals surface area contributed by atoms with Gasteiger partial charge < -0.3 is 14.8 Å². The average molecular weight is 213 g/mol. The molecule has 0 saturated carbocycles. The molecule has 1 aliphatic heterocycles. The molecule has 0 aromatic heterocycles. The van der Waals surface area contributed by atoms with E-state index in [2.05, 4.69) is 25.2 Å². The Morgan fingerprint density at radius 1 is 1.53 bits per heavy atom. The zero-order chi connectivity index (χ0) is 11.1. The summed E-state index contributed by atoms with van der Waals surface area (Å²) < 4.78 is 10.5. The molecule has 2 atom stereocenters. The Balaban J connectivity index is 2.12. The second-order valence-corrected chi connectivity index (χ2v) is 4.12. The van der Waals surface area contributed by atoms with Gasteiger partial charge in [0.2, 0.25) is 0 Å². The third-order valence-electron chi connectivity index (χ3n) is 3.05. The molecular formula is C12H23NO2. The standard InChI is InChI=1S/C12H23NO2/c1-10(11(2)14-3)13-7-4-12-5-8-15-9-6-12/h5,10-11,13H,4,6-9H2,1-3H3. The van der Waals surface area contributed by atoms with E-state index < -0.39 is 0 Å². The van der Waals surface area contributed by atoms with Gasteiger partial charge in [-0.2, -0.15) is 0 Å². The minimum atomic E-state index is 0.272. The summed E-state index contributed by atoms with van der Waals surface area (Å²) in [4.78, 5) is 0. The number of ether oxygens (including phenoxy) is 2. The lowest BCUT2D eigenvalue weighted by molar-refractivity contribution is 0.0888. The second-order valence-electron chi connectivity index (χ2n) is 4.12. The summed E-state index contributed by atoms with van der Waals surface area (Å²) in [7, 11) is 1.75. The van der Waals surface area contributed by atoms with Crippen molar-refractivity contribution in [3.8, 4) is 0 Å². The van der Waals surface area contributed by atoms with Crippen molar-refractivity contribution in [3.05, 3.63) is 11.6 Å². The van der Waals surface area contributed by atoms with Crippen molar-refractivity contribution in [2.75, 3.05) is 26.9 Å². The van der Waals surface area contributed by atoms with Crippen LogP contribution >= 0.6 is 0 Å². The third kappa shape index (κ3) is 4.78. The van der Waals surface area contributed by atoms with Crippen LogP contribution in [-0.4, -0.2) is 39.0 Å². The highest BCUT2D eigenvalue weighted by atomic mass is 16.5. The van der Waals surface area contributed by atoms with Gasteiger partial charge in [0.15, 0.2) is 0 Å². The first-order chi connectivity index (χ1) is 7.24. The van der Waals surface area contributed by atoms with E-state index in [1.54, 1.807) is 7.11 Å². The van der Waals surface area contributed by atoms with E-state index in [0.717, 1.165) is 32.6 Å². The average Bonchev–Trinajstić information content (AvgIpc) is 2.29. The van der Waals surface area contributed by atoms with E-state index in [4.69, 9.17) is 9.47 Å². The van der Waals surface area contributed by atoms with Crippen molar-refractivity contribution in [1.29, 1.82) is 0 Å². The van der Waals surface area contributed by atoms with Gasteiger partial charge in [-0.05, 0) is 33.2 Å². The van der Waals surface area contributed by atoms with Gasteiger partial charge in [-0.1, -0.05) is 11.6 Å². The molecule has 1 rings (SSSR count). The summed E-state index contributed by atoms with van der Waals surface area (Å²) in [5.41, 5.74) is 1.52. The molecule has 3 nitrogen and oxygen atoms in total. The van der Waals surface area contributed by atoms with E-state index in [-0.39, 0.29) is 6.10 Å². The maximum absolute atomic E-state index is 5.27. The quantitative estimate of drug-likeness (QED) is 0.682. The van der Waals surface area contributed by atoms with Gasteiger partial charge in [-0.25, -0.2) is 0 Å². The topological polar surface area (TPSA) is 30.5 Å². The molecule has 0 fully saturated rings. The van der Waals surface area contributed by atoms with Gasteiger partial charge in [0.25, 0.3) is 0 Å². The maximum atomic E-state index is 5.27. The molecule has 1 heterocycles. The van der Waals surface area contributed by atoms with Gasteiger partial charge in [0, 0.05) is 13.2 Å². The highest BCUT2D eigenvalue weighted by Crippen LogP contribution is 2.11. The van der Waals surface area contributed by atoms with Crippen LogP contribution < -0.4 is 5.32 Å². The third-order valence-corrected chi connectivity index (χ3v) is 3.05. The normalized spacial score (nSPS) is 20.9. The first kappa shape index (κ1) is 12.7.